The van der Waals surface area contributed by atoms with Crippen LogP contribution in [0.15, 0.2) is 97.5 Å². The molecule has 0 bridgehead atoms. The maximum Gasteiger partial charge on any atom is 0.254 e. The van der Waals surface area contributed by atoms with Crippen LogP contribution in [-0.4, -0.2) is 51.5 Å². The van der Waals surface area contributed by atoms with E-state index in [4.69, 9.17) is 9.97 Å². The molecule has 5 aromatic rings. The third kappa shape index (κ3) is 3.90. The smallest absolute Gasteiger partial charge is 0.254 e. The molecule has 0 saturated carbocycles. The Hall–Kier alpha value is -4.45. The number of hydrogen-bond donors (Lipinski definition) is 0. The lowest BCUT2D eigenvalue weighted by Gasteiger charge is -2.36. The minimum Gasteiger partial charge on any atom is -0.352 e. The molecule has 1 amide bonds. The van der Waals surface area contributed by atoms with E-state index in [2.05, 4.69) is 52.1 Å². The highest BCUT2D eigenvalue weighted by atomic mass is 16.2. The van der Waals surface area contributed by atoms with Crippen molar-refractivity contribution >= 4 is 22.8 Å². The van der Waals surface area contributed by atoms with Crippen molar-refractivity contribution in [1.29, 1.82) is 0 Å². The lowest BCUT2D eigenvalue weighted by Crippen LogP contribution is -2.49. The first-order valence-corrected chi connectivity index (χ1v) is 12.3. The van der Waals surface area contributed by atoms with Gasteiger partial charge in [-0.15, -0.1) is 0 Å². The van der Waals surface area contributed by atoms with E-state index in [-0.39, 0.29) is 5.91 Å². The van der Waals surface area contributed by atoms with E-state index in [0.717, 1.165) is 44.8 Å². The maximum atomic E-state index is 13.2. The third-order valence-corrected chi connectivity index (χ3v) is 6.92. The fourth-order valence-corrected chi connectivity index (χ4v) is 5.01. The molecule has 0 spiro atoms. The minimum absolute atomic E-state index is 0.0980. The van der Waals surface area contributed by atoms with E-state index >= 15 is 0 Å². The summed E-state index contributed by atoms with van der Waals surface area (Å²) in [6.45, 7) is 4.73. The Labute approximate surface area is 210 Å². The van der Waals surface area contributed by atoms with Crippen molar-refractivity contribution < 1.29 is 4.79 Å². The van der Waals surface area contributed by atoms with E-state index in [1.54, 1.807) is 6.33 Å². The van der Waals surface area contributed by atoms with E-state index in [1.807, 2.05) is 60.4 Å². The zero-order chi connectivity index (χ0) is 24.5. The van der Waals surface area contributed by atoms with Gasteiger partial charge in [0.15, 0.2) is 5.65 Å². The molecule has 178 valence electrons. The SMILES string of the molecule is Cc1ccccc1C(=O)N1CCN(c2ncnc3c2c(-c2ccccc2)cn3-c2ccccc2)CC1. The van der Waals surface area contributed by atoms with Gasteiger partial charge in [0.1, 0.15) is 12.1 Å². The van der Waals surface area contributed by atoms with Gasteiger partial charge in [0, 0.05) is 49.2 Å². The molecule has 0 aliphatic carbocycles. The van der Waals surface area contributed by atoms with Gasteiger partial charge < -0.3 is 14.4 Å². The number of fused-ring (bicyclic) bond motifs is 1. The van der Waals surface area contributed by atoms with E-state index in [9.17, 15) is 4.79 Å². The number of aromatic nitrogens is 3. The van der Waals surface area contributed by atoms with Gasteiger partial charge in [0.05, 0.1) is 5.39 Å². The molecular weight excluding hydrogens is 446 g/mol. The Bertz CT molecular complexity index is 1520. The van der Waals surface area contributed by atoms with Crippen LogP contribution >= 0.6 is 0 Å². The number of anilines is 1. The van der Waals surface area contributed by atoms with Gasteiger partial charge in [-0.1, -0.05) is 66.7 Å². The number of carbonyl (C=O) groups excluding carboxylic acids is 1. The molecule has 2 aromatic heterocycles. The van der Waals surface area contributed by atoms with Crippen molar-refractivity contribution in [2.24, 2.45) is 0 Å². The second-order valence-corrected chi connectivity index (χ2v) is 9.10. The Morgan fingerprint density at radius 2 is 1.44 bits per heavy atom. The number of amides is 1. The normalized spacial score (nSPS) is 13.8. The highest BCUT2D eigenvalue weighted by Gasteiger charge is 2.26. The van der Waals surface area contributed by atoms with Gasteiger partial charge in [-0.05, 0) is 36.2 Å². The average molecular weight is 474 g/mol. The summed E-state index contributed by atoms with van der Waals surface area (Å²) < 4.78 is 2.14. The number of rotatable bonds is 4. The molecule has 0 N–H and O–H groups in total. The summed E-state index contributed by atoms with van der Waals surface area (Å²) in [5, 5.41) is 1.03. The van der Waals surface area contributed by atoms with Crippen LogP contribution < -0.4 is 4.90 Å². The molecule has 3 aromatic carbocycles. The zero-order valence-corrected chi connectivity index (χ0v) is 20.2. The molecule has 0 radical (unpaired) electrons. The largest absolute Gasteiger partial charge is 0.352 e. The van der Waals surface area contributed by atoms with Crippen LogP contribution in [0.4, 0.5) is 5.82 Å². The number of aryl methyl sites for hydroxylation is 1. The van der Waals surface area contributed by atoms with Crippen molar-refractivity contribution in [2.75, 3.05) is 31.1 Å². The molecule has 1 fully saturated rings. The summed E-state index contributed by atoms with van der Waals surface area (Å²) in [5.41, 5.74) is 5.95. The quantitative estimate of drug-likeness (QED) is 0.353. The standard InChI is InChI=1S/C30H27N5O/c1-22-10-8-9-15-25(22)30(36)34-18-16-33(17-19-34)28-27-26(23-11-4-2-5-12-23)20-35(29(27)32-21-31-28)24-13-6-3-7-14-24/h2-15,20-21H,16-19H2,1H3. The van der Waals surface area contributed by atoms with Crippen molar-refractivity contribution in [3.8, 4) is 16.8 Å². The van der Waals surface area contributed by atoms with Crippen LogP contribution in [0.5, 0.6) is 0 Å². The first-order valence-electron chi connectivity index (χ1n) is 12.3. The van der Waals surface area contributed by atoms with E-state index in [1.165, 1.54) is 0 Å². The van der Waals surface area contributed by atoms with Gasteiger partial charge in [0.2, 0.25) is 0 Å². The maximum absolute atomic E-state index is 13.2. The average Bonchev–Trinajstić information content (AvgIpc) is 3.34. The highest BCUT2D eigenvalue weighted by Crippen LogP contribution is 2.37. The predicted octanol–water partition coefficient (Wildman–Crippen LogP) is 5.36. The van der Waals surface area contributed by atoms with Gasteiger partial charge in [0.25, 0.3) is 5.91 Å². The van der Waals surface area contributed by atoms with E-state index < -0.39 is 0 Å². The molecular formula is C30H27N5O. The van der Waals surface area contributed by atoms with E-state index in [0.29, 0.717) is 26.2 Å². The monoisotopic (exact) mass is 473 g/mol. The third-order valence-electron chi connectivity index (χ3n) is 6.92. The van der Waals surface area contributed by atoms with Crippen LogP contribution in [0.2, 0.25) is 0 Å². The van der Waals surface area contributed by atoms with Crippen LogP contribution in [-0.2, 0) is 0 Å². The first kappa shape index (κ1) is 22.0. The number of para-hydroxylation sites is 1. The first-order chi connectivity index (χ1) is 17.7. The molecule has 6 nitrogen and oxygen atoms in total. The summed E-state index contributed by atoms with van der Waals surface area (Å²) in [5.74, 6) is 1.01. The summed E-state index contributed by atoms with van der Waals surface area (Å²) in [7, 11) is 0. The molecule has 36 heavy (non-hydrogen) atoms. The molecule has 0 atom stereocenters. The summed E-state index contributed by atoms with van der Waals surface area (Å²) >= 11 is 0. The second-order valence-electron chi connectivity index (χ2n) is 9.10. The Morgan fingerprint density at radius 3 is 2.17 bits per heavy atom. The fraction of sp³-hybridized carbons (Fsp3) is 0.167. The lowest BCUT2D eigenvalue weighted by molar-refractivity contribution is 0.0746. The number of piperazine rings is 1. The van der Waals surface area contributed by atoms with Crippen molar-refractivity contribution in [2.45, 2.75) is 6.92 Å². The van der Waals surface area contributed by atoms with Gasteiger partial charge in [-0.25, -0.2) is 9.97 Å². The zero-order valence-electron chi connectivity index (χ0n) is 20.2. The highest BCUT2D eigenvalue weighted by molar-refractivity contribution is 6.02. The molecule has 1 aliphatic heterocycles. The van der Waals surface area contributed by atoms with Crippen LogP contribution in [0, 0.1) is 6.92 Å². The van der Waals surface area contributed by atoms with Crippen molar-refractivity contribution in [3.05, 3.63) is 109 Å². The number of hydrogen-bond acceptors (Lipinski definition) is 4. The summed E-state index contributed by atoms with van der Waals surface area (Å²) in [4.78, 5) is 26.9. The topological polar surface area (TPSA) is 54.3 Å². The Kier molecular flexibility index (Phi) is 5.70. The van der Waals surface area contributed by atoms with Crippen molar-refractivity contribution in [1.82, 2.24) is 19.4 Å². The number of carbonyl (C=O) groups is 1. The molecule has 6 heteroatoms. The Balaban J connectivity index is 1.37. The Morgan fingerprint density at radius 1 is 0.778 bits per heavy atom. The van der Waals surface area contributed by atoms with Crippen molar-refractivity contribution in [3.63, 3.8) is 0 Å². The molecule has 0 unspecified atom stereocenters. The molecule has 3 heterocycles. The predicted molar refractivity (Wildman–Crippen MR) is 144 cm³/mol. The van der Waals surface area contributed by atoms with Crippen LogP contribution in [0.1, 0.15) is 15.9 Å². The number of nitrogens with zero attached hydrogens (tertiary/aromatic N) is 5. The lowest BCUT2D eigenvalue weighted by atomic mass is 10.1. The second kappa shape index (κ2) is 9.30. The minimum atomic E-state index is 0.0980. The van der Waals surface area contributed by atoms with Gasteiger partial charge in [-0.2, -0.15) is 0 Å². The summed E-state index contributed by atoms with van der Waals surface area (Å²) in [6, 6.07) is 28.5. The number of benzene rings is 3. The van der Waals surface area contributed by atoms with Gasteiger partial charge >= 0.3 is 0 Å². The summed E-state index contributed by atoms with van der Waals surface area (Å²) in [6.07, 6.45) is 3.81. The van der Waals surface area contributed by atoms with Crippen LogP contribution in [0.3, 0.4) is 0 Å². The molecule has 1 aliphatic rings. The fourth-order valence-electron chi connectivity index (χ4n) is 5.01. The van der Waals surface area contributed by atoms with Crippen LogP contribution in [0.25, 0.3) is 27.8 Å². The molecule has 6 rings (SSSR count). The molecule has 1 saturated heterocycles. The van der Waals surface area contributed by atoms with Gasteiger partial charge in [-0.3, -0.25) is 4.79 Å².